The second kappa shape index (κ2) is 14.5. The van der Waals surface area contributed by atoms with E-state index in [4.69, 9.17) is 23.7 Å². The number of ether oxygens (including phenoxy) is 5. The molecule has 0 radical (unpaired) electrons. The van der Waals surface area contributed by atoms with Crippen LogP contribution in [0.4, 0.5) is 4.79 Å². The molecule has 0 aliphatic heterocycles. The Hall–Kier alpha value is -3.49. The van der Waals surface area contributed by atoms with Crippen LogP contribution in [0, 0.1) is 0 Å². The van der Waals surface area contributed by atoms with Gasteiger partial charge in [0.1, 0.15) is 19.8 Å². The minimum absolute atomic E-state index is 0.00506. The number of benzene rings is 1. The van der Waals surface area contributed by atoms with Gasteiger partial charge in [-0.2, -0.15) is 0 Å². The number of methoxy groups -OCH3 is 1. The predicted molar refractivity (Wildman–Crippen MR) is 108 cm³/mol. The van der Waals surface area contributed by atoms with Gasteiger partial charge < -0.3 is 29.0 Å². The Morgan fingerprint density at radius 3 is 2.30 bits per heavy atom. The van der Waals surface area contributed by atoms with Crippen LogP contribution in [0.3, 0.4) is 0 Å². The highest BCUT2D eigenvalue weighted by molar-refractivity contribution is 5.82. The zero-order valence-electron chi connectivity index (χ0n) is 17.3. The maximum absolute atomic E-state index is 11.8. The first-order valence-corrected chi connectivity index (χ1v) is 9.29. The van der Waals surface area contributed by atoms with E-state index in [9.17, 15) is 14.4 Å². The number of amides is 1. The highest BCUT2D eigenvalue weighted by Crippen LogP contribution is 2.25. The molecule has 0 aromatic heterocycles. The fraction of sp³-hybridized carbons (Fsp3) is 0.381. The molecule has 0 bridgehead atoms. The van der Waals surface area contributed by atoms with Gasteiger partial charge >= 0.3 is 18.0 Å². The Morgan fingerprint density at radius 2 is 1.63 bits per heavy atom. The molecule has 0 aliphatic carbocycles. The van der Waals surface area contributed by atoms with Crippen LogP contribution in [0.25, 0.3) is 0 Å². The first-order chi connectivity index (χ1) is 14.5. The Bertz CT molecular complexity index is 744. The van der Waals surface area contributed by atoms with E-state index in [1.165, 1.54) is 25.3 Å². The van der Waals surface area contributed by atoms with Gasteiger partial charge in [0.05, 0.1) is 13.7 Å². The van der Waals surface area contributed by atoms with Crippen LogP contribution in [-0.4, -0.2) is 57.6 Å². The Kier molecular flexibility index (Phi) is 11.9. The van der Waals surface area contributed by atoms with Crippen LogP contribution in [0.1, 0.15) is 13.8 Å². The monoisotopic (exact) mass is 421 g/mol. The molecule has 30 heavy (non-hydrogen) atoms. The molecule has 0 fully saturated rings. The molecular weight excluding hydrogens is 394 g/mol. The van der Waals surface area contributed by atoms with E-state index in [0.717, 1.165) is 0 Å². The summed E-state index contributed by atoms with van der Waals surface area (Å²) in [6, 6.07) is 6.99. The van der Waals surface area contributed by atoms with Gasteiger partial charge in [-0.3, -0.25) is 0 Å². The number of para-hydroxylation sites is 2. The summed E-state index contributed by atoms with van der Waals surface area (Å²) in [6.45, 7) is 3.14. The third-order valence-corrected chi connectivity index (χ3v) is 3.40. The summed E-state index contributed by atoms with van der Waals surface area (Å²) >= 11 is 0. The van der Waals surface area contributed by atoms with Crippen molar-refractivity contribution in [2.45, 2.75) is 20.0 Å². The van der Waals surface area contributed by atoms with Gasteiger partial charge in [0.25, 0.3) is 0 Å². The molecule has 1 aromatic carbocycles. The average molecular weight is 421 g/mol. The van der Waals surface area contributed by atoms with Gasteiger partial charge in [0.2, 0.25) is 0 Å². The van der Waals surface area contributed by atoms with Crippen LogP contribution < -0.4 is 14.8 Å². The minimum Gasteiger partial charge on any atom is -0.493 e. The van der Waals surface area contributed by atoms with Gasteiger partial charge in [-0.25, -0.2) is 14.4 Å². The molecule has 0 heterocycles. The Morgan fingerprint density at radius 1 is 0.967 bits per heavy atom. The summed E-state index contributed by atoms with van der Waals surface area (Å²) in [4.78, 5) is 34.7. The lowest BCUT2D eigenvalue weighted by Gasteiger charge is -2.19. The molecule has 9 heteroatoms. The first-order valence-electron chi connectivity index (χ1n) is 9.29. The number of rotatable bonds is 12. The largest absolute Gasteiger partial charge is 0.493 e. The molecule has 0 saturated heterocycles. The summed E-state index contributed by atoms with van der Waals surface area (Å²) in [5.41, 5.74) is 0. The smallest absolute Gasteiger partial charge is 0.407 e. The SMILES string of the molecule is C/C=C\C(=O)OC(COC(=O)NCCOC(=O)/C=C/C)COc1ccccc1OC. The summed E-state index contributed by atoms with van der Waals surface area (Å²) in [6.07, 6.45) is 3.99. The maximum Gasteiger partial charge on any atom is 0.407 e. The Labute approximate surface area is 175 Å². The normalized spacial score (nSPS) is 11.7. The zero-order chi connectivity index (χ0) is 22.2. The number of hydrogen-bond acceptors (Lipinski definition) is 8. The number of nitrogens with one attached hydrogen (secondary N) is 1. The second-order valence-electron chi connectivity index (χ2n) is 5.71. The molecule has 0 saturated carbocycles. The molecule has 0 aliphatic rings. The highest BCUT2D eigenvalue weighted by atomic mass is 16.6. The molecule has 1 N–H and O–H groups in total. The van der Waals surface area contributed by atoms with Crippen molar-refractivity contribution in [1.29, 1.82) is 0 Å². The van der Waals surface area contributed by atoms with Gasteiger partial charge in [-0.1, -0.05) is 24.3 Å². The topological polar surface area (TPSA) is 109 Å². The molecule has 1 rings (SSSR count). The van der Waals surface area contributed by atoms with E-state index < -0.39 is 24.1 Å². The fourth-order valence-corrected chi connectivity index (χ4v) is 2.09. The number of allylic oxidation sites excluding steroid dienone is 2. The van der Waals surface area contributed by atoms with E-state index in [1.807, 2.05) is 0 Å². The zero-order valence-corrected chi connectivity index (χ0v) is 17.3. The van der Waals surface area contributed by atoms with Crippen LogP contribution in [0.15, 0.2) is 48.6 Å². The highest BCUT2D eigenvalue weighted by Gasteiger charge is 2.18. The summed E-state index contributed by atoms with van der Waals surface area (Å²) in [5.74, 6) is -0.121. The molecule has 0 spiro atoms. The molecular formula is C21H27NO8. The quantitative estimate of drug-likeness (QED) is 0.237. The molecule has 1 aromatic rings. The van der Waals surface area contributed by atoms with Gasteiger partial charge in [-0.05, 0) is 26.0 Å². The lowest BCUT2D eigenvalue weighted by Crippen LogP contribution is -2.34. The van der Waals surface area contributed by atoms with Crippen molar-refractivity contribution in [2.24, 2.45) is 0 Å². The number of carbonyl (C=O) groups excluding carboxylic acids is 3. The first kappa shape index (κ1) is 24.5. The second-order valence-corrected chi connectivity index (χ2v) is 5.71. The molecule has 1 atom stereocenters. The number of esters is 2. The summed E-state index contributed by atoms with van der Waals surface area (Å²) in [7, 11) is 1.51. The predicted octanol–water partition coefficient (Wildman–Crippen LogP) is 2.41. The average Bonchev–Trinajstić information content (AvgIpc) is 2.73. The number of carbonyl (C=O) groups is 3. The number of hydrogen-bond donors (Lipinski definition) is 1. The van der Waals surface area contributed by atoms with Crippen molar-refractivity contribution in [2.75, 3.05) is 33.5 Å². The van der Waals surface area contributed by atoms with Crippen molar-refractivity contribution in [3.63, 3.8) is 0 Å². The maximum atomic E-state index is 11.8. The molecule has 1 unspecified atom stereocenters. The summed E-state index contributed by atoms with van der Waals surface area (Å²) < 4.78 is 26.0. The fourth-order valence-electron chi connectivity index (χ4n) is 2.09. The van der Waals surface area contributed by atoms with Crippen LogP contribution >= 0.6 is 0 Å². The van der Waals surface area contributed by atoms with Crippen molar-refractivity contribution >= 4 is 18.0 Å². The van der Waals surface area contributed by atoms with Crippen molar-refractivity contribution in [3.05, 3.63) is 48.6 Å². The van der Waals surface area contributed by atoms with E-state index >= 15 is 0 Å². The van der Waals surface area contributed by atoms with Crippen molar-refractivity contribution in [3.8, 4) is 11.5 Å². The van der Waals surface area contributed by atoms with E-state index in [2.05, 4.69) is 5.32 Å². The van der Waals surface area contributed by atoms with Gasteiger partial charge in [0.15, 0.2) is 17.6 Å². The summed E-state index contributed by atoms with van der Waals surface area (Å²) in [5, 5.41) is 2.43. The lowest BCUT2D eigenvalue weighted by atomic mass is 10.3. The van der Waals surface area contributed by atoms with Gasteiger partial charge in [0, 0.05) is 12.2 Å². The van der Waals surface area contributed by atoms with E-state index in [0.29, 0.717) is 11.5 Å². The molecule has 164 valence electrons. The van der Waals surface area contributed by atoms with Crippen molar-refractivity contribution < 1.29 is 38.1 Å². The van der Waals surface area contributed by atoms with Crippen molar-refractivity contribution in [1.82, 2.24) is 5.32 Å². The van der Waals surface area contributed by atoms with Gasteiger partial charge in [-0.15, -0.1) is 0 Å². The van der Waals surface area contributed by atoms with Crippen LogP contribution in [0.5, 0.6) is 11.5 Å². The third kappa shape index (κ3) is 10.2. The lowest BCUT2D eigenvalue weighted by molar-refractivity contribution is -0.146. The van der Waals surface area contributed by atoms with Crippen LogP contribution in [0.2, 0.25) is 0 Å². The minimum atomic E-state index is -0.850. The third-order valence-electron chi connectivity index (χ3n) is 3.40. The molecule has 9 nitrogen and oxygen atoms in total. The standard InChI is InChI=1S/C21H27NO8/c1-4-8-19(23)27-13-12-22-21(25)29-15-16(30-20(24)9-5-2)14-28-18-11-7-6-10-17(18)26-3/h4-11,16H,12-15H2,1-3H3,(H,22,25)/b8-4+,9-5-. The Balaban J connectivity index is 2.52. The van der Waals surface area contributed by atoms with Crippen LogP contribution in [-0.2, 0) is 23.8 Å². The number of alkyl carbamates (subject to hydrolysis) is 1. The van der Waals surface area contributed by atoms with E-state index in [-0.39, 0.29) is 26.4 Å². The molecule has 1 amide bonds. The van der Waals surface area contributed by atoms with E-state index in [1.54, 1.807) is 44.2 Å².